The quantitative estimate of drug-likeness (QED) is 0.186. The standard InChI is InChI=1S/C48H74O15/c1-10-25(2)43-28(5)16-17-47(63-43)22-34-19-33(62-47)15-14-27(4)42(60-39-21-37(55-9)44(30(7)58-39)61-38-20-36(54-8)40(50)29(6)57-38)26(3)12-11-13-32-24-56-45-41(51)31(23-49)18-35(46(52)59-34)48(32,45)53/h11-14,18,25-26,28-30,33-45,49-51,53H,10,15-17,19-24H2,1-9H3/b12-11-,27-14-,32-13?/t25-,26+,28+,29+,30+,33-,34+,35+,36+,37+,38+,39+,40+,41-,42+,43-,44+,45-,47-,48-/m1/s1. The van der Waals surface area contributed by atoms with E-state index < -0.39 is 104 Å². The zero-order valence-corrected chi connectivity index (χ0v) is 38.6. The lowest BCUT2D eigenvalue weighted by atomic mass is 9.70. The molecule has 5 fully saturated rings. The van der Waals surface area contributed by atoms with Crippen LogP contribution in [0.3, 0.4) is 0 Å². The van der Waals surface area contributed by atoms with Gasteiger partial charge in [-0.2, -0.15) is 0 Å². The second-order valence-electron chi connectivity index (χ2n) is 19.3. The molecule has 1 spiro atoms. The number of rotatable bonds is 9. The van der Waals surface area contributed by atoms with Gasteiger partial charge in [-0.15, -0.1) is 0 Å². The maximum Gasteiger partial charge on any atom is 0.316 e. The number of allylic oxidation sites excluding steroid dienone is 2. The van der Waals surface area contributed by atoms with Gasteiger partial charge in [0, 0.05) is 52.2 Å². The summed E-state index contributed by atoms with van der Waals surface area (Å²) in [5.74, 6) is -2.48. The van der Waals surface area contributed by atoms with Gasteiger partial charge in [0.1, 0.15) is 42.0 Å². The molecule has 0 aromatic rings. The third-order valence-electron chi connectivity index (χ3n) is 15.0. The summed E-state index contributed by atoms with van der Waals surface area (Å²) in [6, 6.07) is 0. The average molecular weight is 891 g/mol. The molecule has 0 aromatic heterocycles. The smallest absolute Gasteiger partial charge is 0.316 e. The topological polar surface area (TPSA) is 190 Å². The molecule has 4 N–H and O–H groups in total. The van der Waals surface area contributed by atoms with Crippen LogP contribution in [-0.2, 0) is 52.2 Å². The first-order valence-electron chi connectivity index (χ1n) is 23.3. The highest BCUT2D eigenvalue weighted by molar-refractivity contribution is 5.78. The van der Waals surface area contributed by atoms with E-state index in [1.54, 1.807) is 27.2 Å². The molecule has 0 aromatic carbocycles. The van der Waals surface area contributed by atoms with Crippen LogP contribution in [0.5, 0.6) is 0 Å². The van der Waals surface area contributed by atoms with Gasteiger partial charge in [0.2, 0.25) is 0 Å². The third kappa shape index (κ3) is 10.1. The number of carbonyl (C=O) groups excluding carboxylic acids is 1. The molecule has 7 rings (SSSR count). The van der Waals surface area contributed by atoms with Crippen LogP contribution in [0.15, 0.2) is 47.1 Å². The van der Waals surface area contributed by atoms with Crippen LogP contribution in [0, 0.1) is 23.7 Å². The second-order valence-corrected chi connectivity index (χ2v) is 19.3. The Hall–Kier alpha value is -2.09. The largest absolute Gasteiger partial charge is 0.462 e. The van der Waals surface area contributed by atoms with Crippen LogP contribution in [-0.4, -0.2) is 151 Å². The molecule has 15 heteroatoms. The first-order chi connectivity index (χ1) is 30.0. The van der Waals surface area contributed by atoms with Crippen molar-refractivity contribution < 1.29 is 72.6 Å². The number of esters is 1. The maximum atomic E-state index is 14.4. The van der Waals surface area contributed by atoms with E-state index >= 15 is 0 Å². The molecule has 20 atom stereocenters. The van der Waals surface area contributed by atoms with Crippen molar-refractivity contribution in [3.63, 3.8) is 0 Å². The molecular formula is C48H74O15. The highest BCUT2D eigenvalue weighted by Gasteiger charge is 2.60. The average Bonchev–Trinajstić information content (AvgIpc) is 3.60. The molecule has 356 valence electrons. The summed E-state index contributed by atoms with van der Waals surface area (Å²) in [5, 5.41) is 44.5. The van der Waals surface area contributed by atoms with E-state index in [1.807, 2.05) is 32.9 Å². The molecule has 6 heterocycles. The van der Waals surface area contributed by atoms with Gasteiger partial charge in [0.25, 0.3) is 0 Å². The predicted octanol–water partition coefficient (Wildman–Crippen LogP) is 4.57. The zero-order chi connectivity index (χ0) is 45.4. The summed E-state index contributed by atoms with van der Waals surface area (Å²) >= 11 is 0. The van der Waals surface area contributed by atoms with Gasteiger partial charge in [-0.3, -0.25) is 4.79 Å². The van der Waals surface area contributed by atoms with Crippen LogP contribution in [0.4, 0.5) is 0 Å². The molecule has 0 unspecified atom stereocenters. The van der Waals surface area contributed by atoms with Gasteiger partial charge in [-0.05, 0) is 62.2 Å². The number of fused-ring (bicyclic) bond motifs is 2. The van der Waals surface area contributed by atoms with Crippen LogP contribution in [0.25, 0.3) is 0 Å². The molecule has 2 bridgehead atoms. The van der Waals surface area contributed by atoms with Crippen molar-refractivity contribution in [2.75, 3.05) is 27.4 Å². The highest BCUT2D eigenvalue weighted by atomic mass is 16.7. The number of aliphatic hydroxyl groups is 4. The number of methoxy groups -OCH3 is 2. The Morgan fingerprint density at radius 2 is 1.67 bits per heavy atom. The number of carbonyl (C=O) groups is 1. The third-order valence-corrected chi connectivity index (χ3v) is 15.0. The van der Waals surface area contributed by atoms with Gasteiger partial charge >= 0.3 is 5.97 Å². The minimum absolute atomic E-state index is 0.0354. The molecule has 6 aliphatic heterocycles. The molecule has 5 saturated heterocycles. The van der Waals surface area contributed by atoms with Crippen molar-refractivity contribution >= 4 is 5.97 Å². The monoisotopic (exact) mass is 891 g/mol. The fourth-order valence-electron chi connectivity index (χ4n) is 11.0. The van der Waals surface area contributed by atoms with Crippen LogP contribution < -0.4 is 0 Å². The van der Waals surface area contributed by atoms with E-state index in [4.69, 9.17) is 47.4 Å². The lowest BCUT2D eigenvalue weighted by Gasteiger charge is -2.51. The Kier molecular flexibility index (Phi) is 15.8. The van der Waals surface area contributed by atoms with Crippen molar-refractivity contribution in [3.8, 4) is 0 Å². The first-order valence-corrected chi connectivity index (χ1v) is 23.3. The lowest BCUT2D eigenvalue weighted by Crippen LogP contribution is -2.59. The molecular weight excluding hydrogens is 817 g/mol. The number of hydrogen-bond donors (Lipinski definition) is 4. The molecule has 0 saturated carbocycles. The SMILES string of the molecule is CC[C@@H](C)[C@H]1O[C@]2(CC[C@@H]1C)C[C@@H]1C[C@@H](C/C=C(/C)[C@@H](O[C@H]3C[C@H](OC)[C@@H](O[C@H]4C[C@H](OC)[C@@H](O)[C@H](C)O4)[C@H](C)O3)[C@@H](C)/C=C\C=C3CO[C@@H]4[C@H](O)C(CO)=C[C@@H](C(=O)O1)[C@]34O)O2. The van der Waals surface area contributed by atoms with E-state index in [9.17, 15) is 25.2 Å². The fraction of sp³-hybridized carbons (Fsp3) is 0.812. The van der Waals surface area contributed by atoms with Gasteiger partial charge in [-0.1, -0.05) is 64.5 Å². The maximum absolute atomic E-state index is 14.4. The Labute approximate surface area is 373 Å². The zero-order valence-electron chi connectivity index (χ0n) is 38.6. The van der Waals surface area contributed by atoms with Crippen LogP contribution in [0.1, 0.15) is 99.8 Å². The number of ether oxygens (including phenoxy) is 10. The minimum Gasteiger partial charge on any atom is -0.462 e. The Morgan fingerprint density at radius 1 is 0.952 bits per heavy atom. The second kappa shape index (κ2) is 20.4. The normalized spacial score (nSPS) is 48.0. The molecule has 0 radical (unpaired) electrons. The van der Waals surface area contributed by atoms with Crippen molar-refractivity contribution in [2.24, 2.45) is 23.7 Å². The molecule has 63 heavy (non-hydrogen) atoms. The molecule has 7 aliphatic rings. The summed E-state index contributed by atoms with van der Waals surface area (Å²) in [4.78, 5) is 14.4. The molecule has 1 aliphatic carbocycles. The summed E-state index contributed by atoms with van der Waals surface area (Å²) in [5.41, 5.74) is -0.377. The van der Waals surface area contributed by atoms with Gasteiger partial charge in [0.05, 0.1) is 55.9 Å². The van der Waals surface area contributed by atoms with Crippen LogP contribution in [0.2, 0.25) is 0 Å². The number of aliphatic hydroxyl groups excluding tert-OH is 3. The Balaban J connectivity index is 1.19. The first kappa shape index (κ1) is 48.8. The predicted molar refractivity (Wildman–Crippen MR) is 229 cm³/mol. The van der Waals surface area contributed by atoms with E-state index in [2.05, 4.69) is 26.8 Å². The lowest BCUT2D eigenvalue weighted by molar-refractivity contribution is -0.340. The molecule has 0 amide bonds. The van der Waals surface area contributed by atoms with Gasteiger partial charge in [0.15, 0.2) is 18.4 Å². The van der Waals surface area contributed by atoms with Crippen molar-refractivity contribution in [1.82, 2.24) is 0 Å². The minimum atomic E-state index is -1.93. The summed E-state index contributed by atoms with van der Waals surface area (Å²) in [6.07, 6.45) is 5.30. The summed E-state index contributed by atoms with van der Waals surface area (Å²) in [6.45, 7) is 13.8. The van der Waals surface area contributed by atoms with Gasteiger partial charge in [-0.25, -0.2) is 0 Å². The van der Waals surface area contributed by atoms with Crippen LogP contribution >= 0.6 is 0 Å². The van der Waals surface area contributed by atoms with Crippen molar-refractivity contribution in [2.45, 2.75) is 197 Å². The Bertz CT molecular complexity index is 1690. The van der Waals surface area contributed by atoms with Crippen molar-refractivity contribution in [3.05, 3.63) is 47.1 Å². The van der Waals surface area contributed by atoms with Gasteiger partial charge < -0.3 is 67.8 Å². The molecule has 15 nitrogen and oxygen atoms in total. The fourth-order valence-corrected chi connectivity index (χ4v) is 11.0. The van der Waals surface area contributed by atoms with E-state index in [-0.39, 0.29) is 30.3 Å². The van der Waals surface area contributed by atoms with E-state index in [0.29, 0.717) is 55.9 Å². The Morgan fingerprint density at radius 3 is 2.38 bits per heavy atom. The summed E-state index contributed by atoms with van der Waals surface area (Å²) < 4.78 is 63.8. The van der Waals surface area contributed by atoms with E-state index in [0.717, 1.165) is 18.4 Å². The highest BCUT2D eigenvalue weighted by Crippen LogP contribution is 2.48. The summed E-state index contributed by atoms with van der Waals surface area (Å²) in [7, 11) is 3.21. The number of hydrogen-bond acceptors (Lipinski definition) is 15. The van der Waals surface area contributed by atoms with E-state index in [1.165, 1.54) is 6.08 Å². The van der Waals surface area contributed by atoms with Crippen molar-refractivity contribution in [1.29, 1.82) is 0 Å².